The van der Waals surface area contributed by atoms with Gasteiger partial charge in [-0.15, -0.1) is 0 Å². The Labute approximate surface area is 194 Å². The molecule has 10 heteroatoms. The number of carbonyl (C=O) groups is 1. The summed E-state index contributed by atoms with van der Waals surface area (Å²) in [6.45, 7) is 4.15. The van der Waals surface area contributed by atoms with Crippen molar-refractivity contribution < 1.29 is 42.7 Å². The minimum absolute atomic E-state index is 0.0257. The molecule has 0 aromatic heterocycles. The van der Waals surface area contributed by atoms with Gasteiger partial charge in [-0.1, -0.05) is 65.2 Å². The van der Waals surface area contributed by atoms with Gasteiger partial charge in [0.2, 0.25) is 0 Å². The summed E-state index contributed by atoms with van der Waals surface area (Å²) in [5.74, 6) is 0.372. The molecule has 32 heavy (non-hydrogen) atoms. The Balaban J connectivity index is 3.79. The summed E-state index contributed by atoms with van der Waals surface area (Å²) in [4.78, 5) is 27.7. The molecule has 0 aliphatic rings. The van der Waals surface area contributed by atoms with E-state index >= 15 is 0 Å². The van der Waals surface area contributed by atoms with E-state index < -0.39 is 26.5 Å². The van der Waals surface area contributed by atoms with Gasteiger partial charge in [-0.2, -0.15) is 0 Å². The number of unbranched alkanes of at least 4 members (excludes halogenated alkanes) is 7. The number of likely N-dealkylation sites (N-methyl/N-ethyl adjacent to an activating group) is 1. The summed E-state index contributed by atoms with van der Waals surface area (Å²) < 4.78 is 26.8. The first kappa shape index (κ1) is 31.5. The maximum atomic E-state index is 11.8. The second kappa shape index (κ2) is 17.9. The fourth-order valence-corrected chi connectivity index (χ4v) is 3.62. The van der Waals surface area contributed by atoms with Gasteiger partial charge in [0.1, 0.15) is 19.8 Å². The number of ether oxygens (including phenoxy) is 1. The third-order valence-corrected chi connectivity index (χ3v) is 5.89. The highest BCUT2D eigenvalue weighted by molar-refractivity contribution is 7.45. The zero-order valence-corrected chi connectivity index (χ0v) is 21.6. The molecular weight excluding hydrogens is 437 g/mol. The number of hydrogen-bond acceptors (Lipinski definition) is 8. The Morgan fingerprint density at radius 3 is 2.03 bits per heavy atom. The second-order valence-electron chi connectivity index (χ2n) is 9.76. The van der Waals surface area contributed by atoms with Gasteiger partial charge in [0, 0.05) is 6.42 Å². The van der Waals surface area contributed by atoms with Crippen molar-refractivity contribution in [2.75, 3.05) is 47.5 Å². The lowest BCUT2D eigenvalue weighted by Gasteiger charge is -2.27. The lowest BCUT2D eigenvalue weighted by Crippen LogP contribution is -2.37. The predicted molar refractivity (Wildman–Crippen MR) is 122 cm³/mol. The summed E-state index contributed by atoms with van der Waals surface area (Å²) >= 11 is 0. The third kappa shape index (κ3) is 21.3. The minimum Gasteiger partial charge on any atom is -0.756 e. The molecular formula is C22H46NO8P. The number of esters is 1. The quantitative estimate of drug-likeness (QED) is 0.0647. The molecule has 0 bridgehead atoms. The van der Waals surface area contributed by atoms with Gasteiger partial charge in [-0.25, -0.2) is 4.89 Å². The molecule has 0 amide bonds. The average Bonchev–Trinajstić information content (AvgIpc) is 2.68. The number of nitrogens with zero attached hydrogens (tertiary/aromatic N) is 1. The first-order chi connectivity index (χ1) is 14.9. The summed E-state index contributed by atoms with van der Waals surface area (Å²) in [5, 5.41) is 8.89. The Bertz CT molecular complexity index is 525. The highest BCUT2D eigenvalue weighted by Gasteiger charge is 2.19. The largest absolute Gasteiger partial charge is 0.756 e. The van der Waals surface area contributed by atoms with E-state index in [-0.39, 0.29) is 19.6 Å². The molecule has 0 aliphatic carbocycles. The number of phosphoric ester groups is 1. The molecule has 0 saturated heterocycles. The summed E-state index contributed by atoms with van der Waals surface area (Å²) in [5.41, 5.74) is 0. The molecule has 0 fully saturated rings. The molecule has 0 aromatic rings. The van der Waals surface area contributed by atoms with Crippen LogP contribution in [0.3, 0.4) is 0 Å². The van der Waals surface area contributed by atoms with E-state index in [0.29, 0.717) is 11.0 Å². The molecule has 1 N–H and O–H groups in total. The van der Waals surface area contributed by atoms with Crippen molar-refractivity contribution in [3.8, 4) is 0 Å². The lowest BCUT2D eigenvalue weighted by molar-refractivity contribution is -0.870. The molecule has 0 saturated carbocycles. The SMILES string of the molecule is CC(C)CCCCCCCCCCC(=O)OC[C@H](COP(=O)([O-])OCC[N+](C)(C)C)OO. The molecule has 0 aliphatic heterocycles. The van der Waals surface area contributed by atoms with E-state index in [1.54, 1.807) is 0 Å². The number of hydrogen-bond donors (Lipinski definition) is 1. The van der Waals surface area contributed by atoms with E-state index in [0.717, 1.165) is 25.2 Å². The Kier molecular flexibility index (Phi) is 17.6. The number of quaternary nitrogens is 1. The Hall–Kier alpha value is -0.540. The Morgan fingerprint density at radius 1 is 0.938 bits per heavy atom. The molecule has 1 unspecified atom stereocenters. The van der Waals surface area contributed by atoms with Crippen molar-refractivity contribution in [1.29, 1.82) is 0 Å². The van der Waals surface area contributed by atoms with E-state index in [1.807, 2.05) is 21.1 Å². The Morgan fingerprint density at radius 2 is 1.50 bits per heavy atom. The van der Waals surface area contributed by atoms with Crippen molar-refractivity contribution in [2.24, 2.45) is 5.92 Å². The van der Waals surface area contributed by atoms with E-state index in [1.165, 1.54) is 38.5 Å². The predicted octanol–water partition coefficient (Wildman–Crippen LogP) is 4.15. The monoisotopic (exact) mass is 483 g/mol. The van der Waals surface area contributed by atoms with E-state index in [2.05, 4.69) is 18.7 Å². The van der Waals surface area contributed by atoms with Gasteiger partial charge < -0.3 is 23.2 Å². The van der Waals surface area contributed by atoms with Crippen LogP contribution in [0.25, 0.3) is 0 Å². The summed E-state index contributed by atoms with van der Waals surface area (Å²) in [7, 11) is 1.18. The summed E-state index contributed by atoms with van der Waals surface area (Å²) in [6.07, 6.45) is 9.57. The maximum absolute atomic E-state index is 11.8. The minimum atomic E-state index is -4.53. The van der Waals surface area contributed by atoms with Crippen LogP contribution < -0.4 is 4.89 Å². The molecule has 2 atom stereocenters. The number of rotatable bonds is 21. The van der Waals surface area contributed by atoms with Crippen LogP contribution in [0.2, 0.25) is 0 Å². The van der Waals surface area contributed by atoms with Gasteiger partial charge in [-0.3, -0.25) is 14.6 Å². The lowest BCUT2D eigenvalue weighted by atomic mass is 10.0. The molecule has 0 heterocycles. The third-order valence-electron chi connectivity index (χ3n) is 4.92. The summed E-state index contributed by atoms with van der Waals surface area (Å²) in [6, 6.07) is 0. The number of carbonyl (C=O) groups excluding carboxylic acids is 1. The van der Waals surface area contributed by atoms with E-state index in [4.69, 9.17) is 19.0 Å². The van der Waals surface area contributed by atoms with Gasteiger partial charge in [0.15, 0.2) is 6.10 Å². The molecule has 0 radical (unpaired) electrons. The van der Waals surface area contributed by atoms with Gasteiger partial charge in [0.25, 0.3) is 7.82 Å². The van der Waals surface area contributed by atoms with Crippen LogP contribution in [0.4, 0.5) is 0 Å². The van der Waals surface area contributed by atoms with Gasteiger partial charge in [-0.05, 0) is 12.3 Å². The second-order valence-corrected chi connectivity index (χ2v) is 11.2. The van der Waals surface area contributed by atoms with Crippen LogP contribution in [0, 0.1) is 5.92 Å². The highest BCUT2D eigenvalue weighted by atomic mass is 31.2. The van der Waals surface area contributed by atoms with Crippen molar-refractivity contribution in [2.45, 2.75) is 84.2 Å². The van der Waals surface area contributed by atoms with Crippen molar-refractivity contribution in [3.63, 3.8) is 0 Å². The van der Waals surface area contributed by atoms with Crippen molar-refractivity contribution in [3.05, 3.63) is 0 Å². The van der Waals surface area contributed by atoms with E-state index in [9.17, 15) is 14.3 Å². The maximum Gasteiger partial charge on any atom is 0.305 e. The van der Waals surface area contributed by atoms with Gasteiger partial charge >= 0.3 is 5.97 Å². The first-order valence-electron chi connectivity index (χ1n) is 11.8. The van der Waals surface area contributed by atoms with Crippen LogP contribution in [0.15, 0.2) is 0 Å². The van der Waals surface area contributed by atoms with Gasteiger partial charge in [0.05, 0.1) is 27.7 Å². The molecule has 0 spiro atoms. The molecule has 0 rings (SSSR count). The smallest absolute Gasteiger partial charge is 0.305 e. The fraction of sp³-hybridized carbons (Fsp3) is 0.955. The van der Waals surface area contributed by atoms with Crippen LogP contribution in [0.5, 0.6) is 0 Å². The molecule has 9 nitrogen and oxygen atoms in total. The van der Waals surface area contributed by atoms with Crippen LogP contribution in [-0.2, 0) is 28.0 Å². The average molecular weight is 484 g/mol. The van der Waals surface area contributed by atoms with Crippen LogP contribution in [0.1, 0.15) is 78.1 Å². The normalized spacial score (nSPS) is 15.0. The standard InChI is InChI=1S/C22H46NO8P/c1-20(2)14-12-10-8-6-7-9-11-13-15-22(24)28-18-21(31-25)19-30-32(26,27)29-17-16-23(3,4)5/h20-21H,6-19H2,1-5H3,(H-,25,26,27)/t21-/m1/s1. The van der Waals surface area contributed by atoms with Crippen molar-refractivity contribution >= 4 is 13.8 Å². The topological polar surface area (TPSA) is 114 Å². The number of phosphoric acid groups is 1. The first-order valence-corrected chi connectivity index (χ1v) is 13.3. The highest BCUT2D eigenvalue weighted by Crippen LogP contribution is 2.38. The van der Waals surface area contributed by atoms with Crippen molar-refractivity contribution in [1.82, 2.24) is 0 Å². The van der Waals surface area contributed by atoms with Crippen LogP contribution in [-0.4, -0.2) is 69.3 Å². The fourth-order valence-electron chi connectivity index (χ4n) is 2.89. The molecule has 0 aromatic carbocycles. The molecule has 192 valence electrons. The zero-order valence-electron chi connectivity index (χ0n) is 20.8. The van der Waals surface area contributed by atoms with Crippen LogP contribution >= 0.6 is 7.82 Å². The zero-order chi connectivity index (χ0) is 24.5.